The van der Waals surface area contributed by atoms with Crippen molar-refractivity contribution in [1.29, 1.82) is 0 Å². The fraction of sp³-hybridized carbons (Fsp3) is 0.450. The number of nitrogens with zero attached hydrogens (tertiary/aromatic N) is 1. The number of amides is 3. The number of halogens is 1. The number of carbonyl (C=O) groups excluding carboxylic acids is 2. The second kappa shape index (κ2) is 8.49. The molecule has 1 fully saturated rings. The van der Waals surface area contributed by atoms with Crippen LogP contribution in [0.15, 0.2) is 29.6 Å². The summed E-state index contributed by atoms with van der Waals surface area (Å²) in [4.78, 5) is 28.9. The molecule has 0 bridgehead atoms. The molecule has 0 aliphatic heterocycles. The molecule has 1 heterocycles. The lowest BCUT2D eigenvalue weighted by Gasteiger charge is -2.39. The van der Waals surface area contributed by atoms with E-state index in [0.29, 0.717) is 27.5 Å². The van der Waals surface area contributed by atoms with Crippen molar-refractivity contribution in [2.24, 2.45) is 11.3 Å². The third-order valence-corrected chi connectivity index (χ3v) is 5.79. The average Bonchev–Trinajstić information content (AvgIpc) is 3.03. The number of hydrogen-bond donors (Lipinski definition) is 3. The number of rotatable bonds is 4. The number of aromatic nitrogens is 1. The molecule has 1 aliphatic rings. The SMILES string of the molecule is C[C@@H]1C[C@@H](NC(=O)c2csc(NC(=O)Nc3ccc(Cl)cc3)n2)CC(C)(C)C1. The molecule has 6 nitrogen and oxygen atoms in total. The number of anilines is 2. The van der Waals surface area contributed by atoms with Gasteiger partial charge in [-0.25, -0.2) is 9.78 Å². The molecular formula is C20H25ClN4O2S. The van der Waals surface area contributed by atoms with Gasteiger partial charge in [0.25, 0.3) is 5.91 Å². The van der Waals surface area contributed by atoms with Crippen LogP contribution >= 0.6 is 22.9 Å². The highest BCUT2D eigenvalue weighted by atomic mass is 35.5. The molecule has 150 valence electrons. The van der Waals surface area contributed by atoms with E-state index in [2.05, 4.69) is 41.7 Å². The first-order valence-corrected chi connectivity index (χ1v) is 10.6. The van der Waals surface area contributed by atoms with E-state index in [0.717, 1.165) is 12.8 Å². The van der Waals surface area contributed by atoms with Crippen LogP contribution < -0.4 is 16.0 Å². The van der Waals surface area contributed by atoms with Crippen molar-refractivity contribution in [2.75, 3.05) is 10.6 Å². The lowest BCUT2D eigenvalue weighted by atomic mass is 9.70. The summed E-state index contributed by atoms with van der Waals surface area (Å²) >= 11 is 7.05. The predicted octanol–water partition coefficient (Wildman–Crippen LogP) is 5.39. The van der Waals surface area contributed by atoms with Gasteiger partial charge in [-0.05, 0) is 54.9 Å². The molecule has 28 heavy (non-hydrogen) atoms. The molecule has 1 aliphatic carbocycles. The Morgan fingerprint density at radius 2 is 1.89 bits per heavy atom. The molecule has 3 rings (SSSR count). The smallest absolute Gasteiger partial charge is 0.325 e. The minimum Gasteiger partial charge on any atom is -0.348 e. The van der Waals surface area contributed by atoms with Crippen LogP contribution in [0.2, 0.25) is 5.02 Å². The van der Waals surface area contributed by atoms with Gasteiger partial charge in [0.1, 0.15) is 5.69 Å². The molecule has 2 aromatic rings. The number of hydrogen-bond acceptors (Lipinski definition) is 4. The van der Waals surface area contributed by atoms with E-state index in [-0.39, 0.29) is 17.4 Å². The monoisotopic (exact) mass is 420 g/mol. The molecule has 3 N–H and O–H groups in total. The highest BCUT2D eigenvalue weighted by Crippen LogP contribution is 2.38. The van der Waals surface area contributed by atoms with Gasteiger partial charge >= 0.3 is 6.03 Å². The van der Waals surface area contributed by atoms with Crippen LogP contribution in [0.3, 0.4) is 0 Å². The summed E-state index contributed by atoms with van der Waals surface area (Å²) in [7, 11) is 0. The van der Waals surface area contributed by atoms with Gasteiger partial charge in [-0.3, -0.25) is 10.1 Å². The van der Waals surface area contributed by atoms with Gasteiger partial charge in [0.2, 0.25) is 0 Å². The van der Waals surface area contributed by atoms with Gasteiger partial charge in [0.05, 0.1) is 0 Å². The van der Waals surface area contributed by atoms with Crippen LogP contribution in [0.1, 0.15) is 50.5 Å². The van der Waals surface area contributed by atoms with E-state index in [9.17, 15) is 9.59 Å². The molecule has 1 aromatic heterocycles. The number of carbonyl (C=O) groups is 2. The fourth-order valence-electron chi connectivity index (χ4n) is 3.94. The first-order valence-electron chi connectivity index (χ1n) is 9.30. The lowest BCUT2D eigenvalue weighted by molar-refractivity contribution is 0.0870. The van der Waals surface area contributed by atoms with Gasteiger partial charge in [-0.1, -0.05) is 32.4 Å². The molecule has 0 saturated heterocycles. The van der Waals surface area contributed by atoms with Crippen LogP contribution in [-0.2, 0) is 0 Å². The maximum Gasteiger partial charge on any atom is 0.325 e. The quantitative estimate of drug-likeness (QED) is 0.620. The van der Waals surface area contributed by atoms with E-state index >= 15 is 0 Å². The Labute approximate surface area is 174 Å². The zero-order chi connectivity index (χ0) is 20.3. The predicted molar refractivity (Wildman–Crippen MR) is 114 cm³/mol. The van der Waals surface area contributed by atoms with Crippen molar-refractivity contribution in [1.82, 2.24) is 10.3 Å². The maximum absolute atomic E-state index is 12.5. The zero-order valence-corrected chi connectivity index (χ0v) is 17.8. The fourth-order valence-corrected chi connectivity index (χ4v) is 4.76. The Morgan fingerprint density at radius 3 is 2.57 bits per heavy atom. The van der Waals surface area contributed by atoms with Gasteiger partial charge in [0, 0.05) is 22.1 Å². The Hall–Kier alpha value is -2.12. The molecule has 3 amide bonds. The number of thiazole rings is 1. The largest absolute Gasteiger partial charge is 0.348 e. The summed E-state index contributed by atoms with van der Waals surface area (Å²) in [6.45, 7) is 6.71. The Kier molecular flexibility index (Phi) is 6.25. The van der Waals surface area contributed by atoms with E-state index in [1.54, 1.807) is 29.6 Å². The summed E-state index contributed by atoms with van der Waals surface area (Å²) in [5.41, 5.74) is 1.16. The highest BCUT2D eigenvalue weighted by molar-refractivity contribution is 7.14. The van der Waals surface area contributed by atoms with E-state index in [1.807, 2.05) is 0 Å². The minimum atomic E-state index is -0.425. The second-order valence-corrected chi connectivity index (χ2v) is 9.50. The van der Waals surface area contributed by atoms with Crippen LogP contribution in [0.5, 0.6) is 0 Å². The summed E-state index contributed by atoms with van der Waals surface area (Å²) < 4.78 is 0. The molecule has 0 spiro atoms. The van der Waals surface area contributed by atoms with Crippen molar-refractivity contribution in [3.8, 4) is 0 Å². The maximum atomic E-state index is 12.5. The van der Waals surface area contributed by atoms with Crippen molar-refractivity contribution in [2.45, 2.75) is 46.1 Å². The first kappa shape index (κ1) is 20.6. The number of urea groups is 1. The van der Waals surface area contributed by atoms with Crippen LogP contribution in [0.4, 0.5) is 15.6 Å². The third-order valence-electron chi connectivity index (χ3n) is 4.78. The molecular weight excluding hydrogens is 396 g/mol. The minimum absolute atomic E-state index is 0.151. The van der Waals surface area contributed by atoms with Crippen molar-refractivity contribution in [3.63, 3.8) is 0 Å². The molecule has 2 atom stereocenters. The molecule has 1 saturated carbocycles. The topological polar surface area (TPSA) is 83.1 Å². The van der Waals surface area contributed by atoms with E-state index in [4.69, 9.17) is 11.6 Å². The van der Waals surface area contributed by atoms with Crippen LogP contribution in [0, 0.1) is 11.3 Å². The van der Waals surface area contributed by atoms with Gasteiger partial charge < -0.3 is 10.6 Å². The van der Waals surface area contributed by atoms with Crippen molar-refractivity contribution < 1.29 is 9.59 Å². The summed E-state index contributed by atoms with van der Waals surface area (Å²) in [6.07, 6.45) is 3.11. The standard InChI is InChI=1S/C20H25ClN4O2S/c1-12-8-15(10-20(2,3)9-12)22-17(26)16-11-28-19(24-16)25-18(27)23-14-6-4-13(21)5-7-14/h4-7,11-12,15H,8-10H2,1-3H3,(H,22,26)(H2,23,24,25,27)/t12-,15-/m1/s1. The first-order chi connectivity index (χ1) is 13.2. The summed E-state index contributed by atoms with van der Waals surface area (Å²) in [5.74, 6) is 0.385. The van der Waals surface area contributed by atoms with Gasteiger partial charge in [-0.15, -0.1) is 11.3 Å². The zero-order valence-electron chi connectivity index (χ0n) is 16.2. The molecule has 8 heteroatoms. The Bertz CT molecular complexity index is 850. The Balaban J connectivity index is 1.55. The normalized spacial score (nSPS) is 21.0. The van der Waals surface area contributed by atoms with Crippen LogP contribution in [-0.4, -0.2) is 23.0 Å². The van der Waals surface area contributed by atoms with Crippen molar-refractivity contribution in [3.05, 3.63) is 40.4 Å². The van der Waals surface area contributed by atoms with Crippen LogP contribution in [0.25, 0.3) is 0 Å². The third kappa shape index (κ3) is 5.69. The summed E-state index contributed by atoms with van der Waals surface area (Å²) in [6, 6.07) is 6.52. The van der Waals surface area contributed by atoms with Gasteiger partial charge in [-0.2, -0.15) is 0 Å². The van der Waals surface area contributed by atoms with Crippen molar-refractivity contribution >= 4 is 45.7 Å². The average molecular weight is 421 g/mol. The molecule has 0 radical (unpaired) electrons. The van der Waals surface area contributed by atoms with E-state index < -0.39 is 6.03 Å². The summed E-state index contributed by atoms with van der Waals surface area (Å²) in [5, 5.41) is 11.1. The molecule has 1 aromatic carbocycles. The molecule has 0 unspecified atom stereocenters. The lowest BCUT2D eigenvalue weighted by Crippen LogP contribution is -2.43. The Morgan fingerprint density at radius 1 is 1.18 bits per heavy atom. The van der Waals surface area contributed by atoms with Gasteiger partial charge in [0.15, 0.2) is 5.13 Å². The highest BCUT2D eigenvalue weighted by Gasteiger charge is 2.33. The van der Waals surface area contributed by atoms with E-state index in [1.165, 1.54) is 17.8 Å². The number of nitrogens with one attached hydrogen (secondary N) is 3. The second-order valence-electron chi connectivity index (χ2n) is 8.21. The number of benzene rings is 1.